The molecule has 0 unspecified atom stereocenters. The van der Waals surface area contributed by atoms with Gasteiger partial charge in [-0.3, -0.25) is 4.79 Å². The third kappa shape index (κ3) is 3.27. The fourth-order valence-corrected chi connectivity index (χ4v) is 4.20. The Hall–Kier alpha value is -2.17. The number of aliphatic hydroxyl groups excluding tert-OH is 1. The highest BCUT2D eigenvalue weighted by Crippen LogP contribution is 2.36. The van der Waals surface area contributed by atoms with Crippen molar-refractivity contribution >= 4 is 5.91 Å². The molecule has 0 spiro atoms. The highest BCUT2D eigenvalue weighted by molar-refractivity contribution is 5.82. The fraction of sp³-hybridized carbons (Fsp3) is 0.409. The van der Waals surface area contributed by atoms with E-state index in [-0.39, 0.29) is 17.9 Å². The van der Waals surface area contributed by atoms with E-state index in [1.807, 2.05) is 29.2 Å². The summed E-state index contributed by atoms with van der Waals surface area (Å²) in [6.07, 6.45) is 1.36. The standard InChI is InChI=1S/C22H25NO3/c24-21(18-11-14-26-15-12-18)22(25)23-13-10-16-6-4-5-9-19(16)20(23)17-7-2-1-3-8-17/h1-9,18,20-21,24H,10-15H2/t20-,21+/m1/s1. The maximum atomic E-state index is 13.2. The molecule has 1 N–H and O–H groups in total. The molecule has 1 amide bonds. The highest BCUT2D eigenvalue weighted by atomic mass is 16.5. The number of benzene rings is 2. The summed E-state index contributed by atoms with van der Waals surface area (Å²) < 4.78 is 5.38. The van der Waals surface area contributed by atoms with E-state index in [9.17, 15) is 9.90 Å². The SMILES string of the molecule is O=C([C@@H](O)C1CCOCC1)N1CCc2ccccc2[C@H]1c1ccccc1. The van der Waals surface area contributed by atoms with Gasteiger partial charge in [0.2, 0.25) is 0 Å². The molecule has 0 aliphatic carbocycles. The number of carbonyl (C=O) groups excluding carboxylic acids is 1. The Labute approximate surface area is 154 Å². The van der Waals surface area contributed by atoms with Gasteiger partial charge in [-0.15, -0.1) is 0 Å². The van der Waals surface area contributed by atoms with Gasteiger partial charge in [0.05, 0.1) is 6.04 Å². The maximum Gasteiger partial charge on any atom is 0.252 e. The van der Waals surface area contributed by atoms with Crippen molar-refractivity contribution in [3.8, 4) is 0 Å². The van der Waals surface area contributed by atoms with Crippen molar-refractivity contribution in [1.29, 1.82) is 0 Å². The Morgan fingerprint density at radius 3 is 2.50 bits per heavy atom. The Morgan fingerprint density at radius 2 is 1.73 bits per heavy atom. The summed E-state index contributed by atoms with van der Waals surface area (Å²) in [6, 6.07) is 18.3. The van der Waals surface area contributed by atoms with Crippen LogP contribution in [0, 0.1) is 5.92 Å². The lowest BCUT2D eigenvalue weighted by Gasteiger charge is -2.40. The van der Waals surface area contributed by atoms with Gasteiger partial charge in [0.15, 0.2) is 0 Å². The maximum absolute atomic E-state index is 13.2. The van der Waals surface area contributed by atoms with E-state index >= 15 is 0 Å². The average molecular weight is 351 g/mol. The minimum absolute atomic E-state index is 0.00940. The molecule has 0 radical (unpaired) electrons. The number of rotatable bonds is 3. The lowest BCUT2D eigenvalue weighted by molar-refractivity contribution is -0.147. The van der Waals surface area contributed by atoms with Crippen molar-refractivity contribution in [2.45, 2.75) is 31.4 Å². The van der Waals surface area contributed by atoms with E-state index in [4.69, 9.17) is 4.74 Å². The van der Waals surface area contributed by atoms with Gasteiger partial charge in [-0.2, -0.15) is 0 Å². The van der Waals surface area contributed by atoms with Crippen molar-refractivity contribution in [2.24, 2.45) is 5.92 Å². The van der Waals surface area contributed by atoms with Crippen LogP contribution in [0.4, 0.5) is 0 Å². The van der Waals surface area contributed by atoms with Gasteiger partial charge in [0.1, 0.15) is 6.10 Å². The zero-order valence-corrected chi connectivity index (χ0v) is 14.9. The van der Waals surface area contributed by atoms with Crippen molar-refractivity contribution in [1.82, 2.24) is 4.90 Å². The molecule has 0 saturated carbocycles. The monoisotopic (exact) mass is 351 g/mol. The molecule has 136 valence electrons. The quantitative estimate of drug-likeness (QED) is 0.925. The van der Waals surface area contributed by atoms with Crippen LogP contribution in [0.15, 0.2) is 54.6 Å². The molecule has 2 aliphatic heterocycles. The van der Waals surface area contributed by atoms with E-state index in [1.54, 1.807) is 0 Å². The molecule has 4 nitrogen and oxygen atoms in total. The molecule has 2 aromatic carbocycles. The van der Waals surface area contributed by atoms with Crippen molar-refractivity contribution in [3.63, 3.8) is 0 Å². The number of ether oxygens (including phenoxy) is 1. The fourth-order valence-electron chi connectivity index (χ4n) is 4.20. The smallest absolute Gasteiger partial charge is 0.252 e. The second-order valence-electron chi connectivity index (χ2n) is 7.19. The topological polar surface area (TPSA) is 49.8 Å². The van der Waals surface area contributed by atoms with E-state index in [0.29, 0.717) is 19.8 Å². The Kier molecular flexibility index (Phi) is 5.05. The van der Waals surface area contributed by atoms with Crippen molar-refractivity contribution in [3.05, 3.63) is 71.3 Å². The molecule has 2 aromatic rings. The lowest BCUT2D eigenvalue weighted by Crippen LogP contribution is -2.48. The van der Waals surface area contributed by atoms with Crippen LogP contribution in [0.2, 0.25) is 0 Å². The zero-order valence-electron chi connectivity index (χ0n) is 14.9. The molecular weight excluding hydrogens is 326 g/mol. The van der Waals surface area contributed by atoms with Crippen LogP contribution in [0.25, 0.3) is 0 Å². The molecule has 1 fully saturated rings. The molecule has 1 saturated heterocycles. The number of carbonyl (C=O) groups is 1. The normalized spacial score (nSPS) is 21.9. The van der Waals surface area contributed by atoms with E-state index in [0.717, 1.165) is 30.4 Å². The van der Waals surface area contributed by atoms with Gasteiger partial charge >= 0.3 is 0 Å². The molecule has 4 rings (SSSR count). The first-order chi connectivity index (χ1) is 12.8. The van der Waals surface area contributed by atoms with Crippen LogP contribution in [-0.4, -0.2) is 41.8 Å². The molecule has 26 heavy (non-hydrogen) atoms. The predicted molar refractivity (Wildman–Crippen MR) is 99.7 cm³/mol. The van der Waals surface area contributed by atoms with Gasteiger partial charge in [0, 0.05) is 19.8 Å². The Bertz CT molecular complexity index is 755. The van der Waals surface area contributed by atoms with E-state index < -0.39 is 6.10 Å². The number of hydrogen-bond donors (Lipinski definition) is 1. The van der Waals surface area contributed by atoms with Crippen LogP contribution in [0.1, 0.15) is 35.6 Å². The first kappa shape index (κ1) is 17.3. The largest absolute Gasteiger partial charge is 0.383 e. The molecule has 2 aliphatic rings. The number of hydrogen-bond acceptors (Lipinski definition) is 3. The van der Waals surface area contributed by atoms with Crippen LogP contribution >= 0.6 is 0 Å². The third-order valence-electron chi connectivity index (χ3n) is 5.65. The number of aliphatic hydroxyl groups is 1. The average Bonchev–Trinajstić information content (AvgIpc) is 2.73. The van der Waals surface area contributed by atoms with Gasteiger partial charge in [-0.05, 0) is 41.9 Å². The molecule has 4 heteroatoms. The third-order valence-corrected chi connectivity index (χ3v) is 5.65. The van der Waals surface area contributed by atoms with Crippen molar-refractivity contribution in [2.75, 3.05) is 19.8 Å². The lowest BCUT2D eigenvalue weighted by atomic mass is 9.86. The number of amides is 1. The summed E-state index contributed by atoms with van der Waals surface area (Å²) >= 11 is 0. The second kappa shape index (κ2) is 7.60. The Balaban J connectivity index is 1.67. The summed E-state index contributed by atoms with van der Waals surface area (Å²) in [4.78, 5) is 15.1. The zero-order chi connectivity index (χ0) is 17.9. The molecule has 2 heterocycles. The van der Waals surface area contributed by atoms with Gasteiger partial charge in [0.25, 0.3) is 5.91 Å². The summed E-state index contributed by atoms with van der Waals surface area (Å²) in [5, 5.41) is 10.8. The minimum Gasteiger partial charge on any atom is -0.383 e. The van der Waals surface area contributed by atoms with E-state index in [1.165, 1.54) is 5.56 Å². The van der Waals surface area contributed by atoms with Crippen molar-refractivity contribution < 1.29 is 14.6 Å². The summed E-state index contributed by atoms with van der Waals surface area (Å²) in [7, 11) is 0. The first-order valence-corrected chi connectivity index (χ1v) is 9.45. The van der Waals surface area contributed by atoms with Gasteiger partial charge in [-0.25, -0.2) is 0 Å². The molecular formula is C22H25NO3. The molecule has 0 aromatic heterocycles. The predicted octanol–water partition coefficient (Wildman–Crippen LogP) is 2.95. The van der Waals surface area contributed by atoms with Crippen LogP contribution in [0.5, 0.6) is 0 Å². The summed E-state index contributed by atoms with van der Waals surface area (Å²) in [5.74, 6) is -0.162. The van der Waals surface area contributed by atoms with E-state index in [2.05, 4.69) is 30.3 Å². The Morgan fingerprint density at radius 1 is 1.04 bits per heavy atom. The second-order valence-corrected chi connectivity index (χ2v) is 7.19. The number of nitrogens with zero attached hydrogens (tertiary/aromatic N) is 1. The summed E-state index contributed by atoms with van der Waals surface area (Å²) in [6.45, 7) is 1.88. The first-order valence-electron chi connectivity index (χ1n) is 9.45. The van der Waals surface area contributed by atoms with Crippen LogP contribution in [0.3, 0.4) is 0 Å². The highest BCUT2D eigenvalue weighted by Gasteiger charge is 2.37. The van der Waals surface area contributed by atoms with Gasteiger partial charge in [-0.1, -0.05) is 54.6 Å². The van der Waals surface area contributed by atoms with Crippen LogP contribution in [-0.2, 0) is 16.0 Å². The number of fused-ring (bicyclic) bond motifs is 1. The molecule has 0 bridgehead atoms. The summed E-state index contributed by atoms with van der Waals surface area (Å²) in [5.41, 5.74) is 3.54. The van der Waals surface area contributed by atoms with Gasteiger partial charge < -0.3 is 14.7 Å². The van der Waals surface area contributed by atoms with Crippen LogP contribution < -0.4 is 0 Å². The minimum atomic E-state index is -0.949. The molecule has 2 atom stereocenters.